The Kier molecular flexibility index (Phi) is 3.39. The van der Waals surface area contributed by atoms with Crippen molar-refractivity contribution in [3.8, 4) is 5.75 Å². The van der Waals surface area contributed by atoms with Crippen molar-refractivity contribution in [3.63, 3.8) is 0 Å². The Balaban J connectivity index is 2.74. The zero-order valence-corrected chi connectivity index (χ0v) is 10.7. The first-order chi connectivity index (χ1) is 8.56. The molecule has 18 heavy (non-hydrogen) atoms. The molecule has 0 radical (unpaired) electrons. The standard InChI is InChI=1S/C14H16O4/c1-4-10(15)12-7-11(16)14-8(2)5-9(17-3)6-13(14)18-12/h5-7,10,15H,4H2,1-3H3. The minimum Gasteiger partial charge on any atom is -0.497 e. The Labute approximate surface area is 105 Å². The number of ether oxygens (including phenoxy) is 1. The van der Waals surface area contributed by atoms with E-state index in [0.717, 1.165) is 5.56 Å². The molecule has 1 aromatic heterocycles. The quantitative estimate of drug-likeness (QED) is 0.906. The summed E-state index contributed by atoms with van der Waals surface area (Å²) in [6, 6.07) is 4.81. The van der Waals surface area contributed by atoms with E-state index in [4.69, 9.17) is 9.15 Å². The second kappa shape index (κ2) is 4.82. The van der Waals surface area contributed by atoms with E-state index in [0.29, 0.717) is 28.9 Å². The zero-order chi connectivity index (χ0) is 13.3. The van der Waals surface area contributed by atoms with Crippen LogP contribution in [-0.4, -0.2) is 12.2 Å². The molecule has 0 bridgehead atoms. The SMILES string of the molecule is CCC(O)c1cc(=O)c2c(C)cc(OC)cc2o1. The third kappa shape index (κ3) is 2.11. The van der Waals surface area contributed by atoms with Crippen molar-refractivity contribution in [3.05, 3.63) is 39.7 Å². The minimum absolute atomic E-state index is 0.140. The lowest BCUT2D eigenvalue weighted by atomic mass is 10.1. The van der Waals surface area contributed by atoms with Crippen LogP contribution in [0.2, 0.25) is 0 Å². The van der Waals surface area contributed by atoms with Gasteiger partial charge in [-0.25, -0.2) is 0 Å². The van der Waals surface area contributed by atoms with Gasteiger partial charge < -0.3 is 14.3 Å². The molecule has 0 saturated carbocycles. The second-order valence-electron chi connectivity index (χ2n) is 4.25. The molecule has 4 heteroatoms. The number of fused-ring (bicyclic) bond motifs is 1. The van der Waals surface area contributed by atoms with Crippen molar-refractivity contribution in [2.24, 2.45) is 0 Å². The molecule has 96 valence electrons. The van der Waals surface area contributed by atoms with Crippen molar-refractivity contribution in [2.45, 2.75) is 26.4 Å². The third-order valence-electron chi connectivity index (χ3n) is 2.97. The van der Waals surface area contributed by atoms with Gasteiger partial charge in [0.2, 0.25) is 0 Å². The van der Waals surface area contributed by atoms with E-state index < -0.39 is 6.10 Å². The summed E-state index contributed by atoms with van der Waals surface area (Å²) >= 11 is 0. The lowest BCUT2D eigenvalue weighted by Crippen LogP contribution is -2.07. The molecule has 0 saturated heterocycles. The van der Waals surface area contributed by atoms with Gasteiger partial charge in [0.25, 0.3) is 0 Å². The van der Waals surface area contributed by atoms with Crippen molar-refractivity contribution in [1.82, 2.24) is 0 Å². The molecule has 2 aromatic rings. The lowest BCUT2D eigenvalue weighted by molar-refractivity contribution is 0.146. The van der Waals surface area contributed by atoms with Crippen molar-refractivity contribution >= 4 is 11.0 Å². The van der Waals surface area contributed by atoms with Crippen LogP contribution in [0.1, 0.15) is 30.8 Å². The van der Waals surface area contributed by atoms with Crippen LogP contribution < -0.4 is 10.2 Å². The smallest absolute Gasteiger partial charge is 0.193 e. The molecule has 0 fully saturated rings. The summed E-state index contributed by atoms with van der Waals surface area (Å²) in [6.45, 7) is 3.66. The molecule has 1 N–H and O–H groups in total. The molecule has 1 atom stereocenters. The van der Waals surface area contributed by atoms with Gasteiger partial charge in [0.1, 0.15) is 23.2 Å². The molecule has 2 rings (SSSR count). The number of rotatable bonds is 3. The highest BCUT2D eigenvalue weighted by atomic mass is 16.5. The first kappa shape index (κ1) is 12.6. The van der Waals surface area contributed by atoms with Gasteiger partial charge >= 0.3 is 0 Å². The third-order valence-corrected chi connectivity index (χ3v) is 2.97. The maximum Gasteiger partial charge on any atom is 0.193 e. The Morgan fingerprint density at radius 3 is 2.72 bits per heavy atom. The van der Waals surface area contributed by atoms with Gasteiger partial charge in [0.05, 0.1) is 12.5 Å². The minimum atomic E-state index is -0.756. The topological polar surface area (TPSA) is 59.7 Å². The van der Waals surface area contributed by atoms with Crippen molar-refractivity contribution in [2.75, 3.05) is 7.11 Å². The molecule has 4 nitrogen and oxygen atoms in total. The molecule has 1 aromatic carbocycles. The number of aliphatic hydroxyl groups excluding tert-OH is 1. The summed E-state index contributed by atoms with van der Waals surface area (Å²) in [6.07, 6.45) is -0.259. The van der Waals surface area contributed by atoms with Gasteiger partial charge in [-0.3, -0.25) is 4.79 Å². The summed E-state index contributed by atoms with van der Waals surface area (Å²) in [5.41, 5.74) is 1.11. The number of hydrogen-bond donors (Lipinski definition) is 1. The average Bonchev–Trinajstić information content (AvgIpc) is 2.36. The van der Waals surface area contributed by atoms with Crippen LogP contribution in [0.5, 0.6) is 5.75 Å². The van der Waals surface area contributed by atoms with E-state index in [1.54, 1.807) is 19.2 Å². The maximum absolute atomic E-state index is 12.0. The van der Waals surface area contributed by atoms with Gasteiger partial charge in [-0.15, -0.1) is 0 Å². The van der Waals surface area contributed by atoms with E-state index >= 15 is 0 Å². The average molecular weight is 248 g/mol. The van der Waals surface area contributed by atoms with E-state index in [2.05, 4.69) is 0 Å². The van der Waals surface area contributed by atoms with Gasteiger partial charge in [0.15, 0.2) is 5.43 Å². The predicted molar refractivity (Wildman–Crippen MR) is 69.0 cm³/mol. The first-order valence-electron chi connectivity index (χ1n) is 5.87. The highest BCUT2D eigenvalue weighted by molar-refractivity contribution is 5.81. The molecular formula is C14H16O4. The van der Waals surface area contributed by atoms with E-state index in [1.165, 1.54) is 6.07 Å². The van der Waals surface area contributed by atoms with E-state index in [9.17, 15) is 9.90 Å². The number of aryl methyl sites for hydroxylation is 1. The van der Waals surface area contributed by atoms with Gasteiger partial charge in [-0.1, -0.05) is 6.92 Å². The molecule has 0 aliphatic carbocycles. The fraction of sp³-hybridized carbons (Fsp3) is 0.357. The summed E-state index contributed by atoms with van der Waals surface area (Å²) < 4.78 is 10.7. The highest BCUT2D eigenvalue weighted by Crippen LogP contribution is 2.25. The number of hydrogen-bond acceptors (Lipinski definition) is 4. The Hall–Kier alpha value is -1.81. The van der Waals surface area contributed by atoms with Gasteiger partial charge in [0, 0.05) is 12.1 Å². The molecule has 1 unspecified atom stereocenters. The highest BCUT2D eigenvalue weighted by Gasteiger charge is 2.13. The lowest BCUT2D eigenvalue weighted by Gasteiger charge is -2.10. The number of benzene rings is 1. The largest absolute Gasteiger partial charge is 0.497 e. The predicted octanol–water partition coefficient (Wildman–Crippen LogP) is 2.55. The summed E-state index contributed by atoms with van der Waals surface area (Å²) in [4.78, 5) is 12.0. The van der Waals surface area contributed by atoms with Crippen LogP contribution in [0.4, 0.5) is 0 Å². The Bertz CT molecular complexity index is 627. The summed E-state index contributed by atoms with van der Waals surface area (Å²) in [7, 11) is 1.56. The molecule has 0 spiro atoms. The van der Waals surface area contributed by atoms with Crippen LogP contribution in [0.15, 0.2) is 27.4 Å². The van der Waals surface area contributed by atoms with E-state index in [-0.39, 0.29) is 5.43 Å². The molecular weight excluding hydrogens is 232 g/mol. The fourth-order valence-electron chi connectivity index (χ4n) is 1.96. The normalized spacial score (nSPS) is 12.7. The summed E-state index contributed by atoms with van der Waals surface area (Å²) in [5.74, 6) is 0.925. The van der Waals surface area contributed by atoms with Crippen LogP contribution in [0.3, 0.4) is 0 Å². The first-order valence-corrected chi connectivity index (χ1v) is 5.87. The monoisotopic (exact) mass is 248 g/mol. The van der Waals surface area contributed by atoms with Crippen LogP contribution in [0.25, 0.3) is 11.0 Å². The van der Waals surface area contributed by atoms with Crippen LogP contribution in [-0.2, 0) is 0 Å². The molecule has 0 aliphatic heterocycles. The van der Waals surface area contributed by atoms with Crippen LogP contribution >= 0.6 is 0 Å². The van der Waals surface area contributed by atoms with E-state index in [1.807, 2.05) is 13.8 Å². The number of methoxy groups -OCH3 is 1. The van der Waals surface area contributed by atoms with Gasteiger partial charge in [-0.2, -0.15) is 0 Å². The second-order valence-corrected chi connectivity index (χ2v) is 4.25. The van der Waals surface area contributed by atoms with Crippen molar-refractivity contribution in [1.29, 1.82) is 0 Å². The Morgan fingerprint density at radius 1 is 1.39 bits per heavy atom. The Morgan fingerprint density at radius 2 is 2.11 bits per heavy atom. The molecule has 1 heterocycles. The molecule has 0 amide bonds. The van der Waals surface area contributed by atoms with Crippen LogP contribution in [0, 0.1) is 6.92 Å². The number of aliphatic hydroxyl groups is 1. The zero-order valence-electron chi connectivity index (χ0n) is 10.7. The summed E-state index contributed by atoms with van der Waals surface area (Å²) in [5, 5.41) is 10.3. The van der Waals surface area contributed by atoms with Crippen molar-refractivity contribution < 1.29 is 14.3 Å². The maximum atomic E-state index is 12.0. The molecule has 0 aliphatic rings. The van der Waals surface area contributed by atoms with Gasteiger partial charge in [-0.05, 0) is 25.0 Å². The fourth-order valence-corrected chi connectivity index (χ4v) is 1.96.